The molecule has 22 heavy (non-hydrogen) atoms. The molecule has 1 aromatic heterocycles. The first-order valence-corrected chi connectivity index (χ1v) is 7.63. The number of carbonyl (C=O) groups is 1. The molecule has 6 nitrogen and oxygen atoms in total. The molecular formula is C15H17N5OS. The van der Waals surface area contributed by atoms with Crippen LogP contribution in [0.4, 0.5) is 5.69 Å². The number of aromatic amines is 1. The molecule has 0 aliphatic carbocycles. The van der Waals surface area contributed by atoms with E-state index in [1.165, 1.54) is 4.68 Å². The zero-order chi connectivity index (χ0) is 15.9. The summed E-state index contributed by atoms with van der Waals surface area (Å²) < 4.78 is 1.92. The molecule has 0 fully saturated rings. The number of benzene rings is 1. The Morgan fingerprint density at radius 2 is 2.09 bits per heavy atom. The molecule has 3 rings (SSSR count). The van der Waals surface area contributed by atoms with Crippen LogP contribution in [0, 0.1) is 4.77 Å². The lowest BCUT2D eigenvalue weighted by Gasteiger charge is -2.20. The Hall–Kier alpha value is -2.28. The minimum absolute atomic E-state index is 0.0596. The second kappa shape index (κ2) is 5.49. The van der Waals surface area contributed by atoms with Gasteiger partial charge in [0.2, 0.25) is 4.77 Å². The maximum Gasteiger partial charge on any atom is 0.279 e. The molecule has 114 valence electrons. The van der Waals surface area contributed by atoms with Crippen molar-refractivity contribution in [2.45, 2.75) is 33.2 Å². The number of hydrogen-bond donors (Lipinski definition) is 1. The number of H-pyrrole nitrogens is 1. The van der Waals surface area contributed by atoms with Gasteiger partial charge in [0.15, 0.2) is 11.5 Å². The Bertz CT molecular complexity index is 817. The standard InChI is InChI=1S/C15H17N5OS/c1-4-12-16-17-15(22)20(12)18-13-10-7-5-6-8-11(10)19(9(2)3)14(13)21/h5-9H,4H2,1-3H3,(H,17,22). The molecule has 0 atom stereocenters. The van der Waals surface area contributed by atoms with Crippen LogP contribution in [0.15, 0.2) is 29.4 Å². The highest BCUT2D eigenvalue weighted by Gasteiger charge is 2.35. The van der Waals surface area contributed by atoms with Gasteiger partial charge in [0.1, 0.15) is 0 Å². The van der Waals surface area contributed by atoms with E-state index in [1.807, 2.05) is 45.0 Å². The average molecular weight is 315 g/mol. The lowest BCUT2D eigenvalue weighted by atomic mass is 10.1. The van der Waals surface area contributed by atoms with Crippen molar-refractivity contribution >= 4 is 29.5 Å². The smallest absolute Gasteiger partial charge is 0.279 e. The minimum Gasteiger partial charge on any atom is -0.304 e. The van der Waals surface area contributed by atoms with Gasteiger partial charge in [0, 0.05) is 18.0 Å². The highest BCUT2D eigenvalue weighted by atomic mass is 32.1. The van der Waals surface area contributed by atoms with Gasteiger partial charge in [0.05, 0.1) is 5.69 Å². The molecule has 0 unspecified atom stereocenters. The van der Waals surface area contributed by atoms with Crippen molar-refractivity contribution in [2.75, 3.05) is 4.90 Å². The SMILES string of the molecule is CCc1n[nH]c(=S)n1N=C1C(=O)N(C(C)C)c2ccccc21. The number of aromatic nitrogens is 3. The predicted molar refractivity (Wildman–Crippen MR) is 87.8 cm³/mol. The Morgan fingerprint density at radius 1 is 1.36 bits per heavy atom. The van der Waals surface area contributed by atoms with E-state index in [-0.39, 0.29) is 11.9 Å². The highest BCUT2D eigenvalue weighted by molar-refractivity contribution is 7.71. The first-order chi connectivity index (χ1) is 10.5. The van der Waals surface area contributed by atoms with Crippen LogP contribution < -0.4 is 4.90 Å². The van der Waals surface area contributed by atoms with E-state index >= 15 is 0 Å². The van der Waals surface area contributed by atoms with E-state index in [2.05, 4.69) is 15.3 Å². The van der Waals surface area contributed by atoms with E-state index in [1.54, 1.807) is 4.90 Å². The summed E-state index contributed by atoms with van der Waals surface area (Å²) in [5.74, 6) is 0.590. The molecule has 0 radical (unpaired) electrons. The molecule has 1 amide bonds. The van der Waals surface area contributed by atoms with Crippen molar-refractivity contribution in [3.8, 4) is 0 Å². The van der Waals surface area contributed by atoms with Gasteiger partial charge >= 0.3 is 0 Å². The van der Waals surface area contributed by atoms with Crippen molar-refractivity contribution in [1.29, 1.82) is 0 Å². The number of anilines is 1. The Labute approximate surface area is 133 Å². The van der Waals surface area contributed by atoms with Gasteiger partial charge in [-0.25, -0.2) is 0 Å². The second-order valence-electron chi connectivity index (χ2n) is 5.35. The van der Waals surface area contributed by atoms with Gasteiger partial charge in [-0.15, -0.1) is 0 Å². The fourth-order valence-electron chi connectivity index (χ4n) is 2.59. The fourth-order valence-corrected chi connectivity index (χ4v) is 2.78. The number of carbonyl (C=O) groups excluding carboxylic acids is 1. The molecule has 0 saturated carbocycles. The Morgan fingerprint density at radius 3 is 2.77 bits per heavy atom. The molecule has 0 spiro atoms. The largest absolute Gasteiger partial charge is 0.304 e. The summed E-state index contributed by atoms with van der Waals surface area (Å²) in [7, 11) is 0. The van der Waals surface area contributed by atoms with Crippen LogP contribution in [0.3, 0.4) is 0 Å². The zero-order valence-corrected chi connectivity index (χ0v) is 13.5. The van der Waals surface area contributed by atoms with Crippen LogP contribution in [-0.2, 0) is 11.2 Å². The quantitative estimate of drug-likeness (QED) is 0.885. The van der Waals surface area contributed by atoms with E-state index in [4.69, 9.17) is 12.2 Å². The third-order valence-electron chi connectivity index (χ3n) is 3.59. The lowest BCUT2D eigenvalue weighted by molar-refractivity contribution is -0.112. The molecule has 7 heteroatoms. The van der Waals surface area contributed by atoms with Crippen molar-refractivity contribution in [2.24, 2.45) is 5.10 Å². The normalized spacial score (nSPS) is 15.9. The topological polar surface area (TPSA) is 66.3 Å². The lowest BCUT2D eigenvalue weighted by Crippen LogP contribution is -2.36. The Kier molecular flexibility index (Phi) is 3.66. The van der Waals surface area contributed by atoms with Crippen molar-refractivity contribution in [3.63, 3.8) is 0 Å². The molecule has 1 N–H and O–H groups in total. The molecule has 1 aromatic carbocycles. The summed E-state index contributed by atoms with van der Waals surface area (Å²) >= 11 is 5.20. The summed E-state index contributed by atoms with van der Waals surface area (Å²) in [5.41, 5.74) is 2.11. The van der Waals surface area contributed by atoms with Gasteiger partial charge in [-0.2, -0.15) is 14.9 Å². The monoisotopic (exact) mass is 315 g/mol. The van der Waals surface area contributed by atoms with Gasteiger partial charge < -0.3 is 4.90 Å². The highest BCUT2D eigenvalue weighted by Crippen LogP contribution is 2.30. The number of nitrogens with zero attached hydrogens (tertiary/aromatic N) is 4. The van der Waals surface area contributed by atoms with Crippen molar-refractivity contribution in [3.05, 3.63) is 40.4 Å². The first kappa shape index (κ1) is 14.6. The molecular weight excluding hydrogens is 298 g/mol. The van der Waals surface area contributed by atoms with Crippen LogP contribution in [0.25, 0.3) is 0 Å². The van der Waals surface area contributed by atoms with Gasteiger partial charge in [-0.05, 0) is 32.1 Å². The van der Waals surface area contributed by atoms with Crippen molar-refractivity contribution < 1.29 is 4.79 Å². The van der Waals surface area contributed by atoms with Gasteiger partial charge in [0.25, 0.3) is 5.91 Å². The third-order valence-corrected chi connectivity index (χ3v) is 3.85. The summed E-state index contributed by atoms with van der Waals surface area (Å²) in [6, 6.07) is 7.73. The third kappa shape index (κ3) is 2.18. The second-order valence-corrected chi connectivity index (χ2v) is 5.73. The number of fused-ring (bicyclic) bond motifs is 1. The Balaban J connectivity index is 2.19. The van der Waals surface area contributed by atoms with Crippen molar-refractivity contribution in [1.82, 2.24) is 14.9 Å². The number of nitrogens with one attached hydrogen (secondary N) is 1. The molecule has 1 aliphatic heterocycles. The number of amides is 1. The van der Waals surface area contributed by atoms with Gasteiger partial charge in [-0.1, -0.05) is 25.1 Å². The number of rotatable bonds is 3. The summed E-state index contributed by atoms with van der Waals surface area (Å²) in [5, 5.41) is 11.3. The molecule has 0 bridgehead atoms. The van der Waals surface area contributed by atoms with E-state index in [9.17, 15) is 4.79 Å². The van der Waals surface area contributed by atoms with Crippen LogP contribution in [-0.4, -0.2) is 32.5 Å². The van der Waals surface area contributed by atoms with Crippen LogP contribution in [0.1, 0.15) is 32.2 Å². The molecule has 2 heterocycles. The zero-order valence-electron chi connectivity index (χ0n) is 12.7. The maximum atomic E-state index is 12.8. The maximum absolute atomic E-state index is 12.8. The van der Waals surface area contributed by atoms with Crippen LogP contribution >= 0.6 is 12.2 Å². The number of aryl methyl sites for hydroxylation is 1. The average Bonchev–Trinajstić information content (AvgIpc) is 2.98. The van der Waals surface area contributed by atoms with E-state index < -0.39 is 0 Å². The van der Waals surface area contributed by atoms with Gasteiger partial charge in [-0.3, -0.25) is 9.89 Å². The van der Waals surface area contributed by atoms with E-state index in [0.29, 0.717) is 22.7 Å². The molecule has 1 aliphatic rings. The molecule has 2 aromatic rings. The summed E-state index contributed by atoms with van der Waals surface area (Å²) in [6.07, 6.45) is 0.674. The number of para-hydroxylation sites is 1. The molecule has 0 saturated heterocycles. The van der Waals surface area contributed by atoms with Crippen LogP contribution in [0.2, 0.25) is 0 Å². The van der Waals surface area contributed by atoms with E-state index in [0.717, 1.165) is 11.3 Å². The minimum atomic E-state index is -0.110. The first-order valence-electron chi connectivity index (χ1n) is 7.22. The summed E-state index contributed by atoms with van der Waals surface area (Å²) in [6.45, 7) is 5.93. The fraction of sp³-hybridized carbons (Fsp3) is 0.333. The van der Waals surface area contributed by atoms with Crippen LogP contribution in [0.5, 0.6) is 0 Å². The number of hydrogen-bond acceptors (Lipinski definition) is 4. The summed E-state index contributed by atoms with van der Waals surface area (Å²) in [4.78, 5) is 14.5. The predicted octanol–water partition coefficient (Wildman–Crippen LogP) is 2.51.